The molecule has 3 nitrogen and oxygen atoms in total. The van der Waals surface area contributed by atoms with E-state index in [1.54, 1.807) is 23.2 Å². The fraction of sp³-hybridized carbons (Fsp3) is 0.385. The van der Waals surface area contributed by atoms with E-state index < -0.39 is 0 Å². The predicted octanol–water partition coefficient (Wildman–Crippen LogP) is 3.56. The van der Waals surface area contributed by atoms with Gasteiger partial charge in [-0.1, -0.05) is 27.7 Å². The van der Waals surface area contributed by atoms with Crippen molar-refractivity contribution < 1.29 is 4.39 Å². The first-order valence-corrected chi connectivity index (χ1v) is 5.82. The van der Waals surface area contributed by atoms with Crippen LogP contribution in [-0.4, -0.2) is 14.5 Å². The van der Waals surface area contributed by atoms with E-state index in [1.807, 2.05) is 27.7 Å². The highest BCUT2D eigenvalue weighted by molar-refractivity contribution is 5.28. The molecule has 0 aliphatic carbocycles. The van der Waals surface area contributed by atoms with Gasteiger partial charge in [0.2, 0.25) is 0 Å². The molecule has 0 saturated heterocycles. The number of imidazole rings is 1. The standard InChI is InChI=1S/C11H12FN3.C2H6/c1-8(2)9-5-10(12)11(14-6-9)15-4-3-13-7-15;1-2/h3-8H,1-2H3;1-2H3. The molecule has 4 heteroatoms. The van der Waals surface area contributed by atoms with E-state index in [2.05, 4.69) is 9.97 Å². The Balaban J connectivity index is 0.000000686. The summed E-state index contributed by atoms with van der Waals surface area (Å²) in [6.45, 7) is 8.01. The second kappa shape index (κ2) is 6.13. The van der Waals surface area contributed by atoms with Crippen molar-refractivity contribution in [1.29, 1.82) is 0 Å². The Bertz CT molecular complexity index is 450. The zero-order valence-electron chi connectivity index (χ0n) is 10.7. The fourth-order valence-electron chi connectivity index (χ4n) is 1.34. The van der Waals surface area contributed by atoms with Gasteiger partial charge in [0.1, 0.15) is 6.33 Å². The highest BCUT2D eigenvalue weighted by Gasteiger charge is 2.08. The molecular weight excluding hydrogens is 217 g/mol. The molecule has 17 heavy (non-hydrogen) atoms. The Morgan fingerprint density at radius 3 is 2.47 bits per heavy atom. The Labute approximate surface area is 101 Å². The maximum absolute atomic E-state index is 13.7. The van der Waals surface area contributed by atoms with Gasteiger partial charge in [-0.15, -0.1) is 0 Å². The Morgan fingerprint density at radius 1 is 1.29 bits per heavy atom. The number of aromatic nitrogens is 3. The average molecular weight is 235 g/mol. The minimum absolute atomic E-state index is 0.281. The van der Waals surface area contributed by atoms with E-state index in [-0.39, 0.29) is 17.6 Å². The quantitative estimate of drug-likeness (QED) is 0.796. The zero-order valence-corrected chi connectivity index (χ0v) is 10.7. The van der Waals surface area contributed by atoms with Crippen LogP contribution in [-0.2, 0) is 0 Å². The number of hydrogen-bond donors (Lipinski definition) is 0. The second-order valence-electron chi connectivity index (χ2n) is 3.70. The number of nitrogens with zero attached hydrogens (tertiary/aromatic N) is 3. The minimum Gasteiger partial charge on any atom is -0.288 e. The molecule has 0 aliphatic heterocycles. The molecule has 0 bridgehead atoms. The Kier molecular flexibility index (Phi) is 4.82. The van der Waals surface area contributed by atoms with Crippen molar-refractivity contribution in [2.45, 2.75) is 33.6 Å². The molecule has 0 N–H and O–H groups in total. The van der Waals surface area contributed by atoms with Crippen LogP contribution in [0.1, 0.15) is 39.2 Å². The number of rotatable bonds is 2. The monoisotopic (exact) mass is 235 g/mol. The molecule has 0 aliphatic rings. The van der Waals surface area contributed by atoms with Gasteiger partial charge in [-0.05, 0) is 17.5 Å². The number of halogens is 1. The Morgan fingerprint density at radius 2 is 2.00 bits per heavy atom. The molecule has 2 aromatic heterocycles. The van der Waals surface area contributed by atoms with Gasteiger partial charge in [-0.25, -0.2) is 14.4 Å². The van der Waals surface area contributed by atoms with Gasteiger partial charge in [0.15, 0.2) is 11.6 Å². The molecule has 0 atom stereocenters. The zero-order chi connectivity index (χ0) is 12.8. The maximum Gasteiger partial charge on any atom is 0.174 e. The average Bonchev–Trinajstić information content (AvgIpc) is 2.85. The fourth-order valence-corrected chi connectivity index (χ4v) is 1.34. The molecule has 0 amide bonds. The molecule has 0 radical (unpaired) electrons. The summed E-state index contributed by atoms with van der Waals surface area (Å²) in [5.74, 6) is 0.250. The summed E-state index contributed by atoms with van der Waals surface area (Å²) in [5.41, 5.74) is 0.899. The van der Waals surface area contributed by atoms with E-state index in [1.165, 1.54) is 12.4 Å². The lowest BCUT2D eigenvalue weighted by molar-refractivity contribution is 0.604. The first-order chi connectivity index (χ1) is 8.18. The Hall–Kier alpha value is -1.71. The van der Waals surface area contributed by atoms with Gasteiger partial charge >= 0.3 is 0 Å². The van der Waals surface area contributed by atoms with Gasteiger partial charge in [-0.2, -0.15) is 0 Å². The van der Waals surface area contributed by atoms with Crippen molar-refractivity contribution in [1.82, 2.24) is 14.5 Å². The highest BCUT2D eigenvalue weighted by Crippen LogP contribution is 2.17. The van der Waals surface area contributed by atoms with Gasteiger partial charge < -0.3 is 0 Å². The SMILES string of the molecule is CC.CC(C)c1cnc(-n2ccnc2)c(F)c1. The van der Waals surface area contributed by atoms with Crippen LogP contribution >= 0.6 is 0 Å². The van der Waals surface area contributed by atoms with Crippen molar-refractivity contribution in [2.24, 2.45) is 0 Å². The normalized spacial score (nSPS) is 10.0. The minimum atomic E-state index is -0.320. The van der Waals surface area contributed by atoms with Crippen molar-refractivity contribution in [2.75, 3.05) is 0 Å². The van der Waals surface area contributed by atoms with Gasteiger partial charge in [-0.3, -0.25) is 4.57 Å². The summed E-state index contributed by atoms with van der Waals surface area (Å²) >= 11 is 0. The van der Waals surface area contributed by atoms with Crippen LogP contribution in [0.15, 0.2) is 31.0 Å². The molecule has 92 valence electrons. The van der Waals surface area contributed by atoms with Crippen molar-refractivity contribution in [3.63, 3.8) is 0 Å². The second-order valence-corrected chi connectivity index (χ2v) is 3.70. The van der Waals surface area contributed by atoms with E-state index in [4.69, 9.17) is 0 Å². The molecule has 2 rings (SSSR count). The summed E-state index contributed by atoms with van der Waals surface area (Å²) in [4.78, 5) is 7.94. The van der Waals surface area contributed by atoms with Crippen molar-refractivity contribution in [3.05, 3.63) is 42.4 Å². The molecular formula is C13H18FN3. The topological polar surface area (TPSA) is 30.7 Å². The van der Waals surface area contributed by atoms with Gasteiger partial charge in [0, 0.05) is 18.6 Å². The predicted molar refractivity (Wildman–Crippen MR) is 66.8 cm³/mol. The molecule has 0 saturated carbocycles. The van der Waals surface area contributed by atoms with Crippen LogP contribution in [0.2, 0.25) is 0 Å². The highest BCUT2D eigenvalue weighted by atomic mass is 19.1. The number of pyridine rings is 1. The van der Waals surface area contributed by atoms with E-state index in [9.17, 15) is 4.39 Å². The largest absolute Gasteiger partial charge is 0.288 e. The third-order valence-corrected chi connectivity index (χ3v) is 2.26. The summed E-state index contributed by atoms with van der Waals surface area (Å²) in [6, 6.07) is 1.52. The van der Waals surface area contributed by atoms with Gasteiger partial charge in [0.05, 0.1) is 0 Å². The van der Waals surface area contributed by atoms with Gasteiger partial charge in [0.25, 0.3) is 0 Å². The van der Waals surface area contributed by atoms with Crippen LogP contribution in [0, 0.1) is 5.82 Å². The van der Waals surface area contributed by atoms with Crippen LogP contribution in [0.3, 0.4) is 0 Å². The smallest absolute Gasteiger partial charge is 0.174 e. The lowest BCUT2D eigenvalue weighted by atomic mass is 10.1. The molecule has 2 aromatic rings. The summed E-state index contributed by atoms with van der Waals surface area (Å²) < 4.78 is 15.2. The van der Waals surface area contributed by atoms with Crippen LogP contribution < -0.4 is 0 Å². The summed E-state index contributed by atoms with van der Waals surface area (Å²) in [6.07, 6.45) is 6.49. The lowest BCUT2D eigenvalue weighted by Gasteiger charge is -2.07. The van der Waals surface area contributed by atoms with E-state index in [0.717, 1.165) is 5.56 Å². The van der Waals surface area contributed by atoms with Crippen molar-refractivity contribution >= 4 is 0 Å². The first-order valence-electron chi connectivity index (χ1n) is 5.82. The third-order valence-electron chi connectivity index (χ3n) is 2.26. The summed E-state index contributed by atoms with van der Waals surface area (Å²) in [7, 11) is 0. The third kappa shape index (κ3) is 3.12. The maximum atomic E-state index is 13.7. The van der Waals surface area contributed by atoms with Crippen LogP contribution in [0.4, 0.5) is 4.39 Å². The molecule has 2 heterocycles. The lowest BCUT2D eigenvalue weighted by Crippen LogP contribution is -2.01. The van der Waals surface area contributed by atoms with Crippen LogP contribution in [0.25, 0.3) is 5.82 Å². The number of hydrogen-bond acceptors (Lipinski definition) is 2. The molecule has 0 unspecified atom stereocenters. The van der Waals surface area contributed by atoms with Crippen LogP contribution in [0.5, 0.6) is 0 Å². The first kappa shape index (κ1) is 13.4. The van der Waals surface area contributed by atoms with E-state index in [0.29, 0.717) is 0 Å². The van der Waals surface area contributed by atoms with Crippen molar-refractivity contribution in [3.8, 4) is 5.82 Å². The molecule has 0 aromatic carbocycles. The van der Waals surface area contributed by atoms with E-state index >= 15 is 0 Å². The summed E-state index contributed by atoms with van der Waals surface area (Å²) in [5, 5.41) is 0. The molecule has 0 spiro atoms. The molecule has 0 fully saturated rings.